The van der Waals surface area contributed by atoms with Crippen molar-refractivity contribution in [1.82, 2.24) is 20.2 Å². The van der Waals surface area contributed by atoms with E-state index in [4.69, 9.17) is 0 Å². The summed E-state index contributed by atoms with van der Waals surface area (Å²) in [7, 11) is 2.10. The van der Waals surface area contributed by atoms with Gasteiger partial charge in [0, 0.05) is 31.2 Å². The Morgan fingerprint density at radius 3 is 2.85 bits per heavy atom. The Balaban J connectivity index is 1.80. The van der Waals surface area contributed by atoms with E-state index in [2.05, 4.69) is 45.6 Å². The van der Waals surface area contributed by atoms with Gasteiger partial charge in [0.15, 0.2) is 0 Å². The summed E-state index contributed by atoms with van der Waals surface area (Å²) in [6, 6.07) is 6.02. The Bertz CT molecular complexity index is 498. The highest BCUT2D eigenvalue weighted by atomic mass is 32.1. The predicted molar refractivity (Wildman–Crippen MR) is 83.5 cm³/mol. The van der Waals surface area contributed by atoms with Crippen molar-refractivity contribution in [2.24, 2.45) is 0 Å². The van der Waals surface area contributed by atoms with Crippen LogP contribution in [0.25, 0.3) is 0 Å². The highest BCUT2D eigenvalue weighted by Gasteiger charge is 2.06. The zero-order valence-corrected chi connectivity index (χ0v) is 13.0. The number of nitrogens with zero attached hydrogens (tertiary/aromatic N) is 3. The largest absolute Gasteiger partial charge is 0.310 e. The second-order valence-electron chi connectivity index (χ2n) is 4.90. The van der Waals surface area contributed by atoms with Crippen LogP contribution in [0.4, 0.5) is 0 Å². The zero-order valence-electron chi connectivity index (χ0n) is 12.2. The third-order valence-corrected chi connectivity index (χ3v) is 3.79. The minimum Gasteiger partial charge on any atom is -0.310 e. The first-order chi connectivity index (χ1) is 9.78. The third-order valence-electron chi connectivity index (χ3n) is 2.89. The predicted octanol–water partition coefficient (Wildman–Crippen LogP) is 2.67. The molecule has 0 atom stereocenters. The van der Waals surface area contributed by atoms with E-state index in [0.717, 1.165) is 44.0 Å². The van der Waals surface area contributed by atoms with E-state index in [9.17, 15) is 0 Å². The summed E-state index contributed by atoms with van der Waals surface area (Å²) in [5.41, 5.74) is 2.23. The van der Waals surface area contributed by atoms with Gasteiger partial charge in [0.1, 0.15) is 5.01 Å². The summed E-state index contributed by atoms with van der Waals surface area (Å²) < 4.78 is 0. The summed E-state index contributed by atoms with van der Waals surface area (Å²) in [5, 5.41) is 6.70. The molecule has 2 rings (SSSR count). The van der Waals surface area contributed by atoms with E-state index in [1.165, 1.54) is 5.01 Å². The molecule has 1 N–H and O–H groups in total. The van der Waals surface area contributed by atoms with Crippen LogP contribution in [0.5, 0.6) is 0 Å². The molecule has 108 valence electrons. The van der Waals surface area contributed by atoms with E-state index >= 15 is 0 Å². The highest BCUT2D eigenvalue weighted by Crippen LogP contribution is 2.12. The summed E-state index contributed by atoms with van der Waals surface area (Å²) in [6.45, 7) is 5.81. The first-order valence-corrected chi connectivity index (χ1v) is 7.88. The maximum absolute atomic E-state index is 4.66. The topological polar surface area (TPSA) is 41.1 Å². The van der Waals surface area contributed by atoms with Crippen LogP contribution < -0.4 is 5.32 Å². The van der Waals surface area contributed by atoms with Gasteiger partial charge in [-0.25, -0.2) is 4.98 Å². The molecule has 0 saturated carbocycles. The van der Waals surface area contributed by atoms with Gasteiger partial charge in [-0.1, -0.05) is 13.0 Å². The van der Waals surface area contributed by atoms with Crippen LogP contribution in [0.2, 0.25) is 0 Å². The smallest absolute Gasteiger partial charge is 0.107 e. The summed E-state index contributed by atoms with van der Waals surface area (Å²) in [5.74, 6) is 0. The molecule has 20 heavy (non-hydrogen) atoms. The summed E-state index contributed by atoms with van der Waals surface area (Å²) in [4.78, 5) is 11.2. The SMILES string of the molecule is CCCNCc1nc(CN(C)Cc2ccccn2)cs1. The fraction of sp³-hybridized carbons (Fsp3) is 0.467. The molecule has 2 aromatic heterocycles. The third kappa shape index (κ3) is 5.00. The Labute approximate surface area is 124 Å². The van der Waals surface area contributed by atoms with Crippen LogP contribution in [0.3, 0.4) is 0 Å². The molecule has 2 aromatic rings. The van der Waals surface area contributed by atoms with Crippen molar-refractivity contribution in [3.63, 3.8) is 0 Å². The molecule has 0 unspecified atom stereocenters. The molecule has 5 heteroatoms. The fourth-order valence-corrected chi connectivity index (χ4v) is 2.73. The molecule has 0 aliphatic carbocycles. The quantitative estimate of drug-likeness (QED) is 0.759. The first-order valence-electron chi connectivity index (χ1n) is 7.00. The van der Waals surface area contributed by atoms with Crippen LogP contribution in [-0.4, -0.2) is 28.5 Å². The molecule has 0 bridgehead atoms. The van der Waals surface area contributed by atoms with E-state index in [0.29, 0.717) is 0 Å². The molecule has 2 heterocycles. The maximum Gasteiger partial charge on any atom is 0.107 e. The second kappa shape index (κ2) is 8.09. The molecule has 0 spiro atoms. The molecule has 0 aromatic carbocycles. The monoisotopic (exact) mass is 290 g/mol. The van der Waals surface area contributed by atoms with Crippen molar-refractivity contribution in [2.45, 2.75) is 33.0 Å². The van der Waals surface area contributed by atoms with Gasteiger partial charge in [0.05, 0.1) is 11.4 Å². The second-order valence-corrected chi connectivity index (χ2v) is 5.85. The Morgan fingerprint density at radius 2 is 2.10 bits per heavy atom. The van der Waals surface area contributed by atoms with Crippen molar-refractivity contribution in [3.8, 4) is 0 Å². The molecule has 0 radical (unpaired) electrons. The lowest BCUT2D eigenvalue weighted by atomic mass is 10.3. The normalized spacial score (nSPS) is 11.2. The Kier molecular flexibility index (Phi) is 6.11. The number of hydrogen-bond donors (Lipinski definition) is 1. The number of hydrogen-bond acceptors (Lipinski definition) is 5. The van der Waals surface area contributed by atoms with Crippen LogP contribution in [-0.2, 0) is 19.6 Å². The van der Waals surface area contributed by atoms with Gasteiger partial charge >= 0.3 is 0 Å². The number of aromatic nitrogens is 2. The van der Waals surface area contributed by atoms with E-state index < -0.39 is 0 Å². The molecule has 0 amide bonds. The molecule has 4 nitrogen and oxygen atoms in total. The lowest BCUT2D eigenvalue weighted by Crippen LogP contribution is -2.18. The van der Waals surface area contributed by atoms with E-state index in [1.54, 1.807) is 11.3 Å². The molecular formula is C15H22N4S. The van der Waals surface area contributed by atoms with Crippen molar-refractivity contribution in [2.75, 3.05) is 13.6 Å². The van der Waals surface area contributed by atoms with E-state index in [-0.39, 0.29) is 0 Å². The minimum atomic E-state index is 0.849. The minimum absolute atomic E-state index is 0.849. The van der Waals surface area contributed by atoms with Crippen LogP contribution >= 0.6 is 11.3 Å². The number of rotatable bonds is 8. The molecular weight excluding hydrogens is 268 g/mol. The van der Waals surface area contributed by atoms with Crippen molar-refractivity contribution >= 4 is 11.3 Å². The number of pyridine rings is 1. The van der Waals surface area contributed by atoms with Gasteiger partial charge in [-0.2, -0.15) is 0 Å². The van der Waals surface area contributed by atoms with Crippen LogP contribution in [0, 0.1) is 0 Å². The molecule has 0 fully saturated rings. The average Bonchev–Trinajstić information content (AvgIpc) is 2.87. The maximum atomic E-state index is 4.66. The van der Waals surface area contributed by atoms with E-state index in [1.807, 2.05) is 18.3 Å². The van der Waals surface area contributed by atoms with Gasteiger partial charge in [-0.15, -0.1) is 11.3 Å². The Morgan fingerprint density at radius 1 is 1.25 bits per heavy atom. The summed E-state index contributed by atoms with van der Waals surface area (Å²) in [6.07, 6.45) is 2.99. The molecule has 0 saturated heterocycles. The summed E-state index contributed by atoms with van der Waals surface area (Å²) >= 11 is 1.73. The van der Waals surface area contributed by atoms with Crippen LogP contribution in [0.15, 0.2) is 29.8 Å². The van der Waals surface area contributed by atoms with Crippen molar-refractivity contribution < 1.29 is 0 Å². The van der Waals surface area contributed by atoms with Gasteiger partial charge in [-0.3, -0.25) is 9.88 Å². The lowest BCUT2D eigenvalue weighted by molar-refractivity contribution is 0.311. The van der Waals surface area contributed by atoms with Crippen molar-refractivity contribution in [3.05, 3.63) is 46.2 Å². The average molecular weight is 290 g/mol. The lowest BCUT2D eigenvalue weighted by Gasteiger charge is -2.14. The van der Waals surface area contributed by atoms with Gasteiger partial charge in [-0.05, 0) is 32.1 Å². The molecule has 0 aliphatic rings. The highest BCUT2D eigenvalue weighted by molar-refractivity contribution is 7.09. The number of thiazole rings is 1. The first kappa shape index (κ1) is 15.1. The zero-order chi connectivity index (χ0) is 14.2. The standard InChI is InChI=1S/C15H22N4S/c1-3-7-16-9-15-18-14(12-20-15)11-19(2)10-13-6-4-5-8-17-13/h4-6,8,12,16H,3,7,9-11H2,1-2H3. The van der Waals surface area contributed by atoms with Crippen molar-refractivity contribution in [1.29, 1.82) is 0 Å². The van der Waals surface area contributed by atoms with Gasteiger partial charge in [0.25, 0.3) is 0 Å². The molecule has 0 aliphatic heterocycles. The number of nitrogens with one attached hydrogen (secondary N) is 1. The van der Waals surface area contributed by atoms with Gasteiger partial charge < -0.3 is 5.32 Å². The Hall–Kier alpha value is -1.30. The fourth-order valence-electron chi connectivity index (χ4n) is 1.98. The van der Waals surface area contributed by atoms with Gasteiger partial charge in [0.2, 0.25) is 0 Å². The van der Waals surface area contributed by atoms with Crippen LogP contribution in [0.1, 0.15) is 29.7 Å².